The van der Waals surface area contributed by atoms with E-state index in [1.54, 1.807) is 24.9 Å². The van der Waals surface area contributed by atoms with Crippen molar-refractivity contribution in [3.8, 4) is 0 Å². The molecule has 1 saturated heterocycles. The molecule has 4 rings (SSSR count). The van der Waals surface area contributed by atoms with Gasteiger partial charge in [-0.2, -0.15) is 0 Å². The third-order valence-electron chi connectivity index (χ3n) is 5.03. The highest BCUT2D eigenvalue weighted by atomic mass is 32.1. The maximum atomic E-state index is 13.1. The minimum Gasteiger partial charge on any atom is -0.467 e. The molecular weight excluding hydrogens is 364 g/mol. The maximum absolute atomic E-state index is 13.1. The molecule has 2 amide bonds. The number of nitrogens with one attached hydrogen (secondary N) is 1. The molecule has 1 aliphatic rings. The van der Waals surface area contributed by atoms with Crippen molar-refractivity contribution in [2.45, 2.75) is 24.9 Å². The van der Waals surface area contributed by atoms with Crippen molar-refractivity contribution in [2.75, 3.05) is 13.1 Å². The molecule has 1 N–H and O–H groups in total. The van der Waals surface area contributed by atoms with Crippen LogP contribution in [0.5, 0.6) is 0 Å². The van der Waals surface area contributed by atoms with Crippen molar-refractivity contribution in [1.29, 1.82) is 0 Å². The van der Waals surface area contributed by atoms with Crippen LogP contribution in [-0.2, 0) is 16.9 Å². The number of nitrogens with zero attached hydrogens (tertiary/aromatic N) is 3. The topological polar surface area (TPSA) is 80.4 Å². The summed E-state index contributed by atoms with van der Waals surface area (Å²) in [6.07, 6.45) is 7.80. The summed E-state index contributed by atoms with van der Waals surface area (Å²) in [5, 5.41) is 4.87. The maximum Gasteiger partial charge on any atom is 0.263 e. The molecule has 0 unspecified atom stereocenters. The van der Waals surface area contributed by atoms with Crippen molar-refractivity contribution in [3.63, 3.8) is 0 Å². The predicted octanol–water partition coefficient (Wildman–Crippen LogP) is 2.49. The highest BCUT2D eigenvalue weighted by molar-refractivity contribution is 7.12. The summed E-state index contributed by atoms with van der Waals surface area (Å²) in [6, 6.07) is 7.33. The lowest BCUT2D eigenvalue weighted by atomic mass is 9.86. The number of aromatic nitrogens is 2. The Morgan fingerprint density at radius 3 is 2.74 bits per heavy atom. The van der Waals surface area contributed by atoms with Crippen LogP contribution in [0.25, 0.3) is 0 Å². The number of carbonyl (C=O) groups excluding carboxylic acids is 2. The second kappa shape index (κ2) is 7.40. The molecule has 0 aliphatic carbocycles. The molecule has 140 valence electrons. The number of carbonyl (C=O) groups is 2. The first-order valence-electron chi connectivity index (χ1n) is 8.81. The highest BCUT2D eigenvalue weighted by Gasteiger charge is 2.43. The quantitative estimate of drug-likeness (QED) is 0.733. The van der Waals surface area contributed by atoms with Crippen LogP contribution < -0.4 is 5.32 Å². The summed E-state index contributed by atoms with van der Waals surface area (Å²) in [6.45, 7) is 1.37. The van der Waals surface area contributed by atoms with Gasteiger partial charge in [0.25, 0.3) is 5.91 Å². The Bertz CT molecular complexity index is 880. The van der Waals surface area contributed by atoms with Gasteiger partial charge in [0.05, 0.1) is 24.0 Å². The van der Waals surface area contributed by atoms with E-state index in [0.29, 0.717) is 38.2 Å². The smallest absolute Gasteiger partial charge is 0.263 e. The van der Waals surface area contributed by atoms with Crippen molar-refractivity contribution in [3.05, 3.63) is 65.3 Å². The summed E-state index contributed by atoms with van der Waals surface area (Å²) in [4.78, 5) is 32.4. The van der Waals surface area contributed by atoms with Gasteiger partial charge in [-0.3, -0.25) is 9.59 Å². The van der Waals surface area contributed by atoms with Gasteiger partial charge in [0, 0.05) is 25.5 Å². The van der Waals surface area contributed by atoms with E-state index in [1.165, 1.54) is 11.3 Å². The standard InChI is InChI=1S/C19H20N4O3S/c24-17(16-4-2-12-27-16)22-8-5-19(6-9-22,23-10-7-20-14-23)18(25)21-13-15-3-1-11-26-15/h1-4,7,10-12,14H,5-6,8-9,13H2,(H,21,25). The van der Waals surface area contributed by atoms with Crippen LogP contribution in [0, 0.1) is 0 Å². The van der Waals surface area contributed by atoms with Crippen LogP contribution in [0.15, 0.2) is 59.0 Å². The normalized spacial score (nSPS) is 16.2. The summed E-state index contributed by atoms with van der Waals surface area (Å²) in [7, 11) is 0. The molecule has 7 nitrogen and oxygen atoms in total. The third-order valence-corrected chi connectivity index (χ3v) is 5.89. The fourth-order valence-corrected chi connectivity index (χ4v) is 4.19. The second-order valence-electron chi connectivity index (χ2n) is 6.53. The number of piperidine rings is 1. The predicted molar refractivity (Wildman–Crippen MR) is 100 cm³/mol. The van der Waals surface area contributed by atoms with E-state index >= 15 is 0 Å². The van der Waals surface area contributed by atoms with Gasteiger partial charge in [0.2, 0.25) is 5.91 Å². The molecule has 0 bridgehead atoms. The molecule has 8 heteroatoms. The average molecular weight is 384 g/mol. The molecular formula is C19H20N4O3S. The van der Waals surface area contributed by atoms with Gasteiger partial charge in [0.1, 0.15) is 11.3 Å². The van der Waals surface area contributed by atoms with E-state index in [-0.39, 0.29) is 11.8 Å². The zero-order chi connectivity index (χ0) is 18.7. The number of rotatable bonds is 5. The van der Waals surface area contributed by atoms with Crippen LogP contribution in [-0.4, -0.2) is 39.4 Å². The first-order valence-corrected chi connectivity index (χ1v) is 9.69. The second-order valence-corrected chi connectivity index (χ2v) is 7.48. The van der Waals surface area contributed by atoms with Crippen LogP contribution in [0.3, 0.4) is 0 Å². The van der Waals surface area contributed by atoms with Gasteiger partial charge < -0.3 is 19.2 Å². The molecule has 3 aromatic heterocycles. The largest absolute Gasteiger partial charge is 0.467 e. The molecule has 1 aliphatic heterocycles. The summed E-state index contributed by atoms with van der Waals surface area (Å²) in [5.41, 5.74) is -0.755. The SMILES string of the molecule is O=C(c1cccs1)N1CCC(C(=O)NCc2ccco2)(n2ccnc2)CC1. The van der Waals surface area contributed by atoms with Gasteiger partial charge in [0.15, 0.2) is 0 Å². The number of furan rings is 1. The zero-order valence-electron chi connectivity index (χ0n) is 14.7. The summed E-state index contributed by atoms with van der Waals surface area (Å²) < 4.78 is 7.16. The Balaban J connectivity index is 1.49. The Morgan fingerprint density at radius 1 is 1.26 bits per heavy atom. The Morgan fingerprint density at radius 2 is 2.11 bits per heavy atom. The van der Waals surface area contributed by atoms with Crippen molar-refractivity contribution in [1.82, 2.24) is 19.8 Å². The summed E-state index contributed by atoms with van der Waals surface area (Å²) >= 11 is 1.44. The van der Waals surface area contributed by atoms with E-state index in [2.05, 4.69) is 10.3 Å². The van der Waals surface area contributed by atoms with E-state index < -0.39 is 5.54 Å². The van der Waals surface area contributed by atoms with Crippen molar-refractivity contribution in [2.24, 2.45) is 0 Å². The van der Waals surface area contributed by atoms with Gasteiger partial charge in [-0.15, -0.1) is 11.3 Å². The van der Waals surface area contributed by atoms with E-state index in [4.69, 9.17) is 4.42 Å². The number of hydrogen-bond acceptors (Lipinski definition) is 5. The number of thiophene rings is 1. The monoisotopic (exact) mass is 384 g/mol. The number of imidazole rings is 1. The fraction of sp³-hybridized carbons (Fsp3) is 0.316. The molecule has 3 aromatic rings. The molecule has 4 heterocycles. The minimum atomic E-state index is -0.755. The number of amides is 2. The Labute approximate surface area is 160 Å². The molecule has 0 atom stereocenters. The van der Waals surface area contributed by atoms with Crippen LogP contribution in [0.2, 0.25) is 0 Å². The Hall–Kier alpha value is -2.87. The van der Waals surface area contributed by atoms with Crippen molar-refractivity contribution >= 4 is 23.2 Å². The first kappa shape index (κ1) is 17.5. The molecule has 0 saturated carbocycles. The zero-order valence-corrected chi connectivity index (χ0v) is 15.5. The lowest BCUT2D eigenvalue weighted by Gasteiger charge is -2.41. The van der Waals surface area contributed by atoms with Gasteiger partial charge in [-0.1, -0.05) is 6.07 Å². The van der Waals surface area contributed by atoms with Crippen LogP contribution >= 0.6 is 11.3 Å². The Kier molecular flexibility index (Phi) is 4.81. The molecule has 27 heavy (non-hydrogen) atoms. The lowest BCUT2D eigenvalue weighted by molar-refractivity contribution is -0.132. The van der Waals surface area contributed by atoms with Gasteiger partial charge >= 0.3 is 0 Å². The van der Waals surface area contributed by atoms with Gasteiger partial charge in [-0.05, 0) is 36.4 Å². The molecule has 0 spiro atoms. The van der Waals surface area contributed by atoms with E-state index in [1.807, 2.05) is 39.2 Å². The molecule has 0 radical (unpaired) electrons. The summed E-state index contributed by atoms with van der Waals surface area (Å²) in [5.74, 6) is 0.648. The van der Waals surface area contributed by atoms with Gasteiger partial charge in [-0.25, -0.2) is 4.98 Å². The third kappa shape index (κ3) is 3.40. The van der Waals surface area contributed by atoms with Crippen LogP contribution in [0.1, 0.15) is 28.3 Å². The van der Waals surface area contributed by atoms with Crippen LogP contribution in [0.4, 0.5) is 0 Å². The lowest BCUT2D eigenvalue weighted by Crippen LogP contribution is -2.55. The van der Waals surface area contributed by atoms with E-state index in [9.17, 15) is 9.59 Å². The van der Waals surface area contributed by atoms with E-state index in [0.717, 1.165) is 4.88 Å². The highest BCUT2D eigenvalue weighted by Crippen LogP contribution is 2.31. The number of likely N-dealkylation sites (tertiary alicyclic amines) is 1. The van der Waals surface area contributed by atoms with Crippen molar-refractivity contribution < 1.29 is 14.0 Å². The number of hydrogen-bond donors (Lipinski definition) is 1. The fourth-order valence-electron chi connectivity index (χ4n) is 3.50. The first-order chi connectivity index (χ1) is 13.2. The minimum absolute atomic E-state index is 0.0280. The molecule has 1 fully saturated rings. The molecule has 0 aromatic carbocycles. The average Bonchev–Trinajstić information content (AvgIpc) is 3.48.